The summed E-state index contributed by atoms with van der Waals surface area (Å²) in [5.41, 5.74) is 7.60. The van der Waals surface area contributed by atoms with Gasteiger partial charge >= 0.3 is 0 Å². The molecule has 0 aliphatic rings. The van der Waals surface area contributed by atoms with E-state index in [-0.39, 0.29) is 11.3 Å². The van der Waals surface area contributed by atoms with Crippen molar-refractivity contribution in [3.8, 4) is 0 Å². The number of carbonyl (C=O) groups is 1. The minimum Gasteiger partial charge on any atom is -0.330 e. The number of nitrogens with two attached hydrogens (primary N) is 1. The molecule has 1 amide bonds. The number of anilines is 1. The maximum absolute atomic E-state index is 12.2. The highest BCUT2D eigenvalue weighted by molar-refractivity contribution is 9.11. The van der Waals surface area contributed by atoms with E-state index in [1.54, 1.807) is 0 Å². The molecule has 0 saturated heterocycles. The Morgan fingerprint density at radius 2 is 1.86 bits per heavy atom. The summed E-state index contributed by atoms with van der Waals surface area (Å²) in [5.74, 6) is -0.0458. The summed E-state index contributed by atoms with van der Waals surface area (Å²) in [6, 6.07) is 3.95. The lowest BCUT2D eigenvalue weighted by Gasteiger charge is -2.28. The van der Waals surface area contributed by atoms with E-state index < -0.39 is 0 Å². The molecule has 0 fully saturated rings. The van der Waals surface area contributed by atoms with Gasteiger partial charge in [-0.25, -0.2) is 0 Å². The first kappa shape index (κ1) is 18.6. The summed E-state index contributed by atoms with van der Waals surface area (Å²) < 4.78 is 1.74. The number of nitrogens with one attached hydrogen (secondary N) is 1. The molecule has 1 aromatic carbocycles. The van der Waals surface area contributed by atoms with Crippen LogP contribution in [0.25, 0.3) is 0 Å². The zero-order valence-electron chi connectivity index (χ0n) is 13.0. The van der Waals surface area contributed by atoms with Gasteiger partial charge in [-0.15, -0.1) is 0 Å². The lowest BCUT2D eigenvalue weighted by molar-refractivity contribution is -0.117. The third kappa shape index (κ3) is 6.06. The second-order valence-corrected chi connectivity index (χ2v) is 7.90. The summed E-state index contributed by atoms with van der Waals surface area (Å²) in [6.45, 7) is 7.88. The molecule has 1 aromatic rings. The highest BCUT2D eigenvalue weighted by Crippen LogP contribution is 2.32. The van der Waals surface area contributed by atoms with Gasteiger partial charge in [0.05, 0.1) is 12.2 Å². The van der Waals surface area contributed by atoms with Gasteiger partial charge in [0.15, 0.2) is 0 Å². The van der Waals surface area contributed by atoms with Crippen molar-refractivity contribution >= 4 is 43.5 Å². The van der Waals surface area contributed by atoms with Crippen molar-refractivity contribution < 1.29 is 4.79 Å². The second-order valence-electron chi connectivity index (χ2n) is 6.19. The standard InChI is InChI=1S/C15H23Br2N3O/c1-10-5-11(16)14(12(17)6-10)19-13(21)7-20(4)9-15(2,3)8-18/h5-6H,7-9,18H2,1-4H3,(H,19,21). The highest BCUT2D eigenvalue weighted by atomic mass is 79.9. The van der Waals surface area contributed by atoms with Crippen LogP contribution in [0.5, 0.6) is 0 Å². The molecule has 0 aromatic heterocycles. The Balaban J connectivity index is 2.66. The van der Waals surface area contributed by atoms with Crippen LogP contribution in [0.1, 0.15) is 19.4 Å². The number of carbonyl (C=O) groups excluding carboxylic acids is 1. The fraction of sp³-hybridized carbons (Fsp3) is 0.533. The maximum Gasteiger partial charge on any atom is 0.238 e. The number of likely N-dealkylation sites (N-methyl/N-ethyl adjacent to an activating group) is 1. The number of halogens is 2. The Kier molecular flexibility index (Phi) is 6.84. The van der Waals surface area contributed by atoms with E-state index in [4.69, 9.17) is 5.73 Å². The van der Waals surface area contributed by atoms with E-state index in [1.807, 2.05) is 31.0 Å². The lowest BCUT2D eigenvalue weighted by Crippen LogP contribution is -2.40. The van der Waals surface area contributed by atoms with Gasteiger partial charge in [0.25, 0.3) is 0 Å². The fourth-order valence-corrected chi connectivity index (χ4v) is 3.71. The molecule has 21 heavy (non-hydrogen) atoms. The van der Waals surface area contributed by atoms with Crippen LogP contribution < -0.4 is 11.1 Å². The van der Waals surface area contributed by atoms with Gasteiger partial charge in [-0.1, -0.05) is 13.8 Å². The van der Waals surface area contributed by atoms with Crippen molar-refractivity contribution in [3.05, 3.63) is 26.6 Å². The number of benzene rings is 1. The van der Waals surface area contributed by atoms with Gasteiger partial charge in [0.1, 0.15) is 0 Å². The SMILES string of the molecule is Cc1cc(Br)c(NC(=O)CN(C)CC(C)(C)CN)c(Br)c1. The molecule has 118 valence electrons. The molecule has 0 bridgehead atoms. The van der Waals surface area contributed by atoms with Crippen LogP contribution in [0.2, 0.25) is 0 Å². The molecule has 0 unspecified atom stereocenters. The topological polar surface area (TPSA) is 58.4 Å². The maximum atomic E-state index is 12.2. The molecular formula is C15H23Br2N3O. The van der Waals surface area contributed by atoms with Gasteiger partial charge < -0.3 is 11.1 Å². The van der Waals surface area contributed by atoms with E-state index >= 15 is 0 Å². The highest BCUT2D eigenvalue weighted by Gasteiger charge is 2.20. The molecule has 0 aliphatic heterocycles. The predicted molar refractivity (Wildman–Crippen MR) is 95.5 cm³/mol. The molecule has 3 N–H and O–H groups in total. The van der Waals surface area contributed by atoms with E-state index in [2.05, 4.69) is 51.0 Å². The predicted octanol–water partition coefficient (Wildman–Crippen LogP) is 3.38. The molecule has 0 radical (unpaired) electrons. The van der Waals surface area contributed by atoms with Crippen molar-refractivity contribution in [2.75, 3.05) is 32.0 Å². The first-order chi connectivity index (χ1) is 9.64. The quantitative estimate of drug-likeness (QED) is 0.741. The number of hydrogen-bond acceptors (Lipinski definition) is 3. The van der Waals surface area contributed by atoms with Crippen LogP contribution in [0, 0.1) is 12.3 Å². The Hall–Kier alpha value is -0.430. The molecule has 4 nitrogen and oxygen atoms in total. The average Bonchev–Trinajstić information content (AvgIpc) is 2.32. The van der Waals surface area contributed by atoms with Crippen LogP contribution in [0.15, 0.2) is 21.1 Å². The Morgan fingerprint density at radius 3 is 2.33 bits per heavy atom. The van der Waals surface area contributed by atoms with Crippen LogP contribution >= 0.6 is 31.9 Å². The van der Waals surface area contributed by atoms with Crippen LogP contribution in [-0.2, 0) is 4.79 Å². The smallest absolute Gasteiger partial charge is 0.238 e. The molecule has 6 heteroatoms. The van der Waals surface area contributed by atoms with Crippen LogP contribution in [0.3, 0.4) is 0 Å². The van der Waals surface area contributed by atoms with Gasteiger partial charge in [-0.3, -0.25) is 9.69 Å². The Bertz CT molecular complexity index is 495. The zero-order chi connectivity index (χ0) is 16.2. The van der Waals surface area contributed by atoms with E-state index in [0.29, 0.717) is 13.1 Å². The summed E-state index contributed by atoms with van der Waals surface area (Å²) in [4.78, 5) is 14.1. The summed E-state index contributed by atoms with van der Waals surface area (Å²) in [7, 11) is 1.93. The Labute approximate surface area is 143 Å². The lowest BCUT2D eigenvalue weighted by atomic mass is 9.93. The van der Waals surface area contributed by atoms with Gasteiger partial charge in [-0.2, -0.15) is 0 Å². The normalized spacial score (nSPS) is 11.8. The van der Waals surface area contributed by atoms with Crippen molar-refractivity contribution in [1.29, 1.82) is 0 Å². The van der Waals surface area contributed by atoms with Crippen molar-refractivity contribution in [1.82, 2.24) is 4.90 Å². The number of nitrogens with zero attached hydrogens (tertiary/aromatic N) is 1. The molecular weight excluding hydrogens is 398 g/mol. The van der Waals surface area contributed by atoms with Crippen molar-refractivity contribution in [3.63, 3.8) is 0 Å². The summed E-state index contributed by atoms with van der Waals surface area (Å²) in [5, 5.41) is 2.93. The molecule has 0 heterocycles. The third-order valence-electron chi connectivity index (χ3n) is 3.11. The first-order valence-electron chi connectivity index (χ1n) is 6.79. The summed E-state index contributed by atoms with van der Waals surface area (Å²) >= 11 is 6.96. The number of aryl methyl sites for hydroxylation is 1. The van der Waals surface area contributed by atoms with E-state index in [9.17, 15) is 4.79 Å². The molecule has 0 spiro atoms. The van der Waals surface area contributed by atoms with Gasteiger partial charge in [0.2, 0.25) is 5.91 Å². The fourth-order valence-electron chi connectivity index (χ4n) is 2.09. The molecule has 0 atom stereocenters. The second kappa shape index (κ2) is 7.72. The zero-order valence-corrected chi connectivity index (χ0v) is 16.1. The monoisotopic (exact) mass is 419 g/mol. The number of rotatable bonds is 6. The third-order valence-corrected chi connectivity index (χ3v) is 4.37. The summed E-state index contributed by atoms with van der Waals surface area (Å²) in [6.07, 6.45) is 0. The van der Waals surface area contributed by atoms with E-state index in [0.717, 1.165) is 26.7 Å². The van der Waals surface area contributed by atoms with Gasteiger partial charge in [-0.05, 0) is 75.5 Å². The van der Waals surface area contributed by atoms with Gasteiger partial charge in [0, 0.05) is 15.5 Å². The Morgan fingerprint density at radius 1 is 1.33 bits per heavy atom. The number of amides is 1. The van der Waals surface area contributed by atoms with Crippen LogP contribution in [0.4, 0.5) is 5.69 Å². The largest absolute Gasteiger partial charge is 0.330 e. The molecule has 1 rings (SSSR count). The van der Waals surface area contributed by atoms with E-state index in [1.165, 1.54) is 0 Å². The first-order valence-corrected chi connectivity index (χ1v) is 8.37. The van der Waals surface area contributed by atoms with Crippen LogP contribution in [-0.4, -0.2) is 37.5 Å². The average molecular weight is 421 g/mol. The molecule has 0 aliphatic carbocycles. The molecule has 0 saturated carbocycles. The minimum absolute atomic E-state index is 0.0000552. The number of hydrogen-bond donors (Lipinski definition) is 2. The van der Waals surface area contributed by atoms with Crippen molar-refractivity contribution in [2.45, 2.75) is 20.8 Å². The van der Waals surface area contributed by atoms with Crippen molar-refractivity contribution in [2.24, 2.45) is 11.1 Å². The minimum atomic E-state index is -0.0458.